The van der Waals surface area contributed by atoms with E-state index < -0.39 is 12.3 Å². The molecule has 2 aliphatic heterocycles. The van der Waals surface area contributed by atoms with Crippen molar-refractivity contribution < 1.29 is 34.0 Å². The molecule has 3 unspecified atom stereocenters. The van der Waals surface area contributed by atoms with Crippen LogP contribution in [0.5, 0.6) is 0 Å². The average molecular weight is 541 g/mol. The van der Waals surface area contributed by atoms with Crippen LogP contribution in [0.2, 0.25) is 0 Å². The van der Waals surface area contributed by atoms with Crippen molar-refractivity contribution in [1.29, 1.82) is 0 Å². The highest BCUT2D eigenvalue weighted by Crippen LogP contribution is 2.38. The number of nitrogens with one attached hydrogen (secondary N) is 1. The highest BCUT2D eigenvalue weighted by Gasteiger charge is 2.33. The topological polar surface area (TPSA) is 118 Å². The third-order valence-electron chi connectivity index (χ3n) is 7.19. The number of carbonyl (C=O) groups excluding carboxylic acids is 1. The first-order valence-corrected chi connectivity index (χ1v) is 13.9. The minimum Gasteiger partial charge on any atom is -0.481 e. The van der Waals surface area contributed by atoms with Gasteiger partial charge < -0.3 is 29.7 Å². The molecule has 0 aliphatic carbocycles. The van der Waals surface area contributed by atoms with Crippen LogP contribution in [0.15, 0.2) is 48.5 Å². The van der Waals surface area contributed by atoms with Gasteiger partial charge in [-0.05, 0) is 36.1 Å². The zero-order chi connectivity index (χ0) is 27.5. The normalized spacial score (nSPS) is 21.9. The highest BCUT2D eigenvalue weighted by atomic mass is 16.7. The molecule has 9 nitrogen and oxygen atoms in total. The quantitative estimate of drug-likeness (QED) is 0.320. The predicted octanol–water partition coefficient (Wildman–Crippen LogP) is 4.42. The third kappa shape index (κ3) is 9.40. The smallest absolute Gasteiger partial charge is 0.303 e. The van der Waals surface area contributed by atoms with E-state index in [0.717, 1.165) is 75.2 Å². The number of aliphatic carboxylic acids is 1. The molecule has 0 aromatic heterocycles. The van der Waals surface area contributed by atoms with E-state index in [1.807, 2.05) is 48.5 Å². The molecule has 0 radical (unpaired) electrons. The van der Waals surface area contributed by atoms with E-state index in [9.17, 15) is 14.7 Å². The van der Waals surface area contributed by atoms with Gasteiger partial charge in [0, 0.05) is 50.1 Å². The molecule has 39 heavy (non-hydrogen) atoms. The van der Waals surface area contributed by atoms with Crippen LogP contribution in [0, 0.1) is 0 Å². The zero-order valence-corrected chi connectivity index (χ0v) is 22.4. The zero-order valence-electron chi connectivity index (χ0n) is 22.4. The Bertz CT molecular complexity index is 1040. The van der Waals surface area contributed by atoms with Crippen molar-refractivity contribution in [2.24, 2.45) is 0 Å². The Labute approximate surface area is 230 Å². The summed E-state index contributed by atoms with van der Waals surface area (Å²) in [7, 11) is 0. The van der Waals surface area contributed by atoms with Gasteiger partial charge in [0.1, 0.15) is 0 Å². The summed E-state index contributed by atoms with van der Waals surface area (Å²) < 4.78 is 18.3. The van der Waals surface area contributed by atoms with Gasteiger partial charge in [0.15, 0.2) is 6.29 Å². The molecule has 0 spiro atoms. The number of carboxylic acids is 1. The van der Waals surface area contributed by atoms with E-state index in [-0.39, 0.29) is 31.1 Å². The van der Waals surface area contributed by atoms with Crippen molar-refractivity contribution >= 4 is 17.6 Å². The molecular weight excluding hydrogens is 500 g/mol. The largest absolute Gasteiger partial charge is 0.481 e. The van der Waals surface area contributed by atoms with Crippen molar-refractivity contribution in [2.45, 2.75) is 70.1 Å². The van der Waals surface area contributed by atoms with Crippen molar-refractivity contribution in [3.8, 4) is 0 Å². The van der Waals surface area contributed by atoms with Gasteiger partial charge in [-0.15, -0.1) is 0 Å². The number of aliphatic hydroxyl groups excluding tert-OH is 1. The standard InChI is InChI=1S/C30H40N2O7/c33-21-22-7-9-23(10-8-22)27-19-26(20-32-15-17-37-18-16-32)38-30(39-27)24-11-13-25(14-12-24)31-28(34)5-3-1-2-4-6-29(35)36/h7-14,26-27,30,33H,1-6,15-21H2,(H,31,34)(H,35,36). The molecule has 3 N–H and O–H groups in total. The van der Waals surface area contributed by atoms with Crippen molar-refractivity contribution in [3.63, 3.8) is 0 Å². The maximum Gasteiger partial charge on any atom is 0.303 e. The van der Waals surface area contributed by atoms with Gasteiger partial charge in [0.2, 0.25) is 5.91 Å². The van der Waals surface area contributed by atoms with E-state index in [1.165, 1.54) is 0 Å². The van der Waals surface area contributed by atoms with Crippen molar-refractivity contribution in [1.82, 2.24) is 4.90 Å². The fourth-order valence-corrected chi connectivity index (χ4v) is 4.97. The number of amides is 1. The molecule has 212 valence electrons. The first-order chi connectivity index (χ1) is 19.0. The molecule has 3 atom stereocenters. The van der Waals surface area contributed by atoms with E-state index in [0.29, 0.717) is 18.5 Å². The van der Waals surface area contributed by atoms with E-state index in [2.05, 4.69) is 10.2 Å². The number of rotatable bonds is 13. The fourth-order valence-electron chi connectivity index (χ4n) is 4.97. The summed E-state index contributed by atoms with van der Waals surface area (Å²) in [4.78, 5) is 25.3. The van der Waals surface area contributed by atoms with E-state index >= 15 is 0 Å². The predicted molar refractivity (Wildman–Crippen MR) is 146 cm³/mol. The lowest BCUT2D eigenvalue weighted by atomic mass is 9.99. The molecule has 4 rings (SSSR count). The number of unbranched alkanes of at least 4 members (excludes halogenated alkanes) is 3. The first-order valence-electron chi connectivity index (χ1n) is 13.9. The number of ether oxygens (including phenoxy) is 3. The number of aliphatic hydroxyl groups is 1. The Morgan fingerprint density at radius 2 is 1.54 bits per heavy atom. The van der Waals surface area contributed by atoms with Crippen LogP contribution in [0.3, 0.4) is 0 Å². The molecule has 9 heteroatoms. The highest BCUT2D eigenvalue weighted by molar-refractivity contribution is 5.90. The van der Waals surface area contributed by atoms with Gasteiger partial charge in [0.05, 0.1) is 32.0 Å². The minimum atomic E-state index is -0.778. The number of nitrogens with zero attached hydrogens (tertiary/aromatic N) is 1. The summed E-state index contributed by atoms with van der Waals surface area (Å²) in [5, 5.41) is 21.0. The Kier molecular flexibility index (Phi) is 11.3. The summed E-state index contributed by atoms with van der Waals surface area (Å²) in [6.07, 6.45) is 3.66. The van der Waals surface area contributed by atoms with Gasteiger partial charge in [-0.1, -0.05) is 49.2 Å². The van der Waals surface area contributed by atoms with E-state index in [1.54, 1.807) is 0 Å². The van der Waals surface area contributed by atoms with E-state index in [4.69, 9.17) is 19.3 Å². The summed E-state index contributed by atoms with van der Waals surface area (Å²) in [5.41, 5.74) is 3.52. The lowest BCUT2D eigenvalue weighted by Gasteiger charge is -2.39. The van der Waals surface area contributed by atoms with Crippen molar-refractivity contribution in [2.75, 3.05) is 38.2 Å². The van der Waals surface area contributed by atoms with Gasteiger partial charge in [-0.3, -0.25) is 14.5 Å². The molecule has 0 saturated carbocycles. The summed E-state index contributed by atoms with van der Waals surface area (Å²) in [6, 6.07) is 15.4. The van der Waals surface area contributed by atoms with Crippen LogP contribution in [-0.2, 0) is 30.4 Å². The maximum atomic E-state index is 12.3. The van der Waals surface area contributed by atoms with Crippen LogP contribution < -0.4 is 5.32 Å². The van der Waals surface area contributed by atoms with Crippen LogP contribution in [-0.4, -0.2) is 65.9 Å². The van der Waals surface area contributed by atoms with Crippen LogP contribution in [0.4, 0.5) is 5.69 Å². The Morgan fingerprint density at radius 3 is 2.21 bits per heavy atom. The SMILES string of the molecule is O=C(O)CCCCCCC(=O)Nc1ccc(C2OC(CN3CCOCC3)CC(c3ccc(CO)cc3)O2)cc1. The minimum absolute atomic E-state index is 0.00682. The van der Waals surface area contributed by atoms with Gasteiger partial charge in [-0.2, -0.15) is 0 Å². The number of carbonyl (C=O) groups is 2. The monoisotopic (exact) mass is 540 g/mol. The molecule has 1 amide bonds. The second-order valence-electron chi connectivity index (χ2n) is 10.2. The molecule has 2 aromatic carbocycles. The fraction of sp³-hybridized carbons (Fsp3) is 0.533. The van der Waals surface area contributed by atoms with Gasteiger partial charge in [0.25, 0.3) is 0 Å². The number of morpholine rings is 1. The maximum absolute atomic E-state index is 12.3. The molecular formula is C30H40N2O7. The molecule has 2 heterocycles. The second-order valence-corrected chi connectivity index (χ2v) is 10.2. The lowest BCUT2D eigenvalue weighted by Crippen LogP contribution is -2.44. The first kappa shape index (κ1) is 29.2. The Balaban J connectivity index is 1.34. The summed E-state index contributed by atoms with van der Waals surface area (Å²) in [6.45, 7) is 4.05. The molecule has 2 aromatic rings. The van der Waals surface area contributed by atoms with Crippen molar-refractivity contribution in [3.05, 3.63) is 65.2 Å². The number of benzene rings is 2. The Morgan fingerprint density at radius 1 is 0.872 bits per heavy atom. The van der Waals surface area contributed by atoms with Crippen LogP contribution >= 0.6 is 0 Å². The molecule has 2 aliphatic rings. The average Bonchev–Trinajstić information content (AvgIpc) is 2.95. The lowest BCUT2D eigenvalue weighted by molar-refractivity contribution is -0.253. The molecule has 2 fully saturated rings. The number of hydrogen-bond acceptors (Lipinski definition) is 7. The molecule has 2 saturated heterocycles. The van der Waals surface area contributed by atoms with Gasteiger partial charge >= 0.3 is 5.97 Å². The van der Waals surface area contributed by atoms with Crippen LogP contribution in [0.1, 0.15) is 74.0 Å². The summed E-state index contributed by atoms with van der Waals surface area (Å²) >= 11 is 0. The summed E-state index contributed by atoms with van der Waals surface area (Å²) in [5.74, 6) is -0.830. The van der Waals surface area contributed by atoms with Gasteiger partial charge in [-0.25, -0.2) is 0 Å². The number of anilines is 1. The second kappa shape index (κ2) is 15.1. The number of hydrogen-bond donors (Lipinski definition) is 3. The number of carboxylic acid groups (broad SMARTS) is 1. The molecule has 0 bridgehead atoms. The Hall–Kier alpha value is -2.82. The van der Waals surface area contributed by atoms with Crippen LogP contribution in [0.25, 0.3) is 0 Å². The third-order valence-corrected chi connectivity index (χ3v) is 7.19.